The molecule has 9 atom stereocenters. The van der Waals surface area contributed by atoms with E-state index in [1.54, 1.807) is 6.08 Å². The van der Waals surface area contributed by atoms with E-state index in [4.69, 9.17) is 23.9 Å². The smallest absolute Gasteiger partial charge is 0.333 e. The zero-order valence-corrected chi connectivity index (χ0v) is 26.4. The van der Waals surface area contributed by atoms with Crippen LogP contribution in [0.5, 0.6) is 0 Å². The van der Waals surface area contributed by atoms with Gasteiger partial charge in [0.25, 0.3) is 0 Å². The molecule has 1 saturated heterocycles. The first kappa shape index (κ1) is 32.9. The second-order valence-corrected chi connectivity index (χ2v) is 13.4. The van der Waals surface area contributed by atoms with Gasteiger partial charge in [0.05, 0.1) is 32.0 Å². The Labute approximate surface area is 267 Å². The Hall–Kier alpha value is -3.00. The number of carboxylic acids is 1. The number of hydrogen-bond acceptors (Lipinski definition) is 10. The molecule has 0 aromatic carbocycles. The lowest BCUT2D eigenvalue weighted by Crippen LogP contribution is -2.78. The maximum atomic E-state index is 12.8. The molecule has 1 aromatic heterocycles. The number of carbonyl (C=O) groups excluding carboxylic acids is 1. The average molecular weight is 643 g/mol. The molecule has 1 aromatic rings. The maximum absolute atomic E-state index is 12.8. The lowest BCUT2D eigenvalue weighted by Gasteiger charge is -2.61. The molecule has 3 heterocycles. The highest BCUT2D eigenvalue weighted by atomic mass is 16.7. The third-order valence-corrected chi connectivity index (χ3v) is 10.5. The second-order valence-electron chi connectivity index (χ2n) is 13.4. The molecule has 0 radical (unpaired) electrons. The molecule has 2 fully saturated rings. The number of aromatic nitrogens is 1. The second kappa shape index (κ2) is 12.6. The van der Waals surface area contributed by atoms with Crippen LogP contribution in [-0.2, 0) is 28.5 Å². The number of aliphatic hydroxyl groups excluding tert-OH is 3. The molecule has 46 heavy (non-hydrogen) atoms. The van der Waals surface area contributed by atoms with E-state index in [9.17, 15) is 35.1 Å². The minimum absolute atomic E-state index is 0.0602. The SMILES string of the molecule is COC(=O)C1=CC2CCC=CC(C1CC(=O)O)C2OC1OC(CO)C23OC(CCCO)=c4[n-]c(C(C)C)cc4=C2CCC1(O)C3O. The van der Waals surface area contributed by atoms with E-state index in [0.29, 0.717) is 48.8 Å². The summed E-state index contributed by atoms with van der Waals surface area (Å²) >= 11 is 0. The molecule has 12 nitrogen and oxygen atoms in total. The van der Waals surface area contributed by atoms with Gasteiger partial charge in [-0.1, -0.05) is 43.5 Å². The summed E-state index contributed by atoms with van der Waals surface area (Å²) in [6.45, 7) is 3.41. The van der Waals surface area contributed by atoms with Gasteiger partial charge in [-0.25, -0.2) is 4.79 Å². The van der Waals surface area contributed by atoms with Gasteiger partial charge in [0.1, 0.15) is 17.8 Å². The molecule has 5 aliphatic rings. The van der Waals surface area contributed by atoms with Gasteiger partial charge >= 0.3 is 11.9 Å². The molecule has 4 bridgehead atoms. The van der Waals surface area contributed by atoms with Crippen LogP contribution in [0.2, 0.25) is 0 Å². The van der Waals surface area contributed by atoms with Crippen molar-refractivity contribution in [2.24, 2.45) is 17.8 Å². The first-order chi connectivity index (χ1) is 22.0. The van der Waals surface area contributed by atoms with Crippen LogP contribution in [0.15, 0.2) is 29.9 Å². The molecule has 1 saturated carbocycles. The number of methoxy groups -OCH3 is 1. The van der Waals surface area contributed by atoms with Gasteiger partial charge in [-0.2, -0.15) is 5.69 Å². The van der Waals surface area contributed by atoms with E-state index in [1.807, 2.05) is 32.1 Å². The van der Waals surface area contributed by atoms with Crippen molar-refractivity contribution in [2.75, 3.05) is 20.3 Å². The van der Waals surface area contributed by atoms with Crippen molar-refractivity contribution in [1.29, 1.82) is 0 Å². The van der Waals surface area contributed by atoms with Crippen LogP contribution in [0, 0.1) is 17.8 Å². The summed E-state index contributed by atoms with van der Waals surface area (Å²) in [7, 11) is 1.26. The summed E-state index contributed by atoms with van der Waals surface area (Å²) < 4.78 is 24.6. The van der Waals surface area contributed by atoms with Crippen LogP contribution in [0.25, 0.3) is 11.3 Å². The zero-order chi connectivity index (χ0) is 33.0. The molecule has 12 heteroatoms. The Morgan fingerprint density at radius 3 is 2.70 bits per heavy atom. The third kappa shape index (κ3) is 5.14. The number of nitrogens with zero attached hydrogens (tertiary/aromatic N) is 1. The van der Waals surface area contributed by atoms with E-state index in [-0.39, 0.29) is 36.9 Å². The van der Waals surface area contributed by atoms with Gasteiger partial charge in [-0.3, -0.25) is 4.79 Å². The van der Waals surface area contributed by atoms with Crippen molar-refractivity contribution in [1.82, 2.24) is 4.98 Å². The number of aliphatic carboxylic acids is 1. The third-order valence-electron chi connectivity index (χ3n) is 10.5. The van der Waals surface area contributed by atoms with Crippen molar-refractivity contribution in [3.8, 4) is 0 Å². The van der Waals surface area contributed by atoms with Gasteiger partial charge in [0.15, 0.2) is 11.9 Å². The highest BCUT2D eigenvalue weighted by molar-refractivity contribution is 5.90. The Bertz CT molecular complexity index is 1540. The lowest BCUT2D eigenvalue weighted by molar-refractivity contribution is -0.375. The summed E-state index contributed by atoms with van der Waals surface area (Å²) in [6.07, 6.45) is 2.70. The van der Waals surface area contributed by atoms with E-state index >= 15 is 0 Å². The first-order valence-corrected chi connectivity index (χ1v) is 16.2. The van der Waals surface area contributed by atoms with Crippen LogP contribution in [0.3, 0.4) is 0 Å². The summed E-state index contributed by atoms with van der Waals surface area (Å²) in [5, 5.41) is 56.0. The van der Waals surface area contributed by atoms with Crippen LogP contribution < -0.4 is 15.6 Å². The molecular weight excluding hydrogens is 598 g/mol. The van der Waals surface area contributed by atoms with Crippen LogP contribution in [-0.4, -0.2) is 93.6 Å². The fraction of sp³-hybridized carbons (Fsp3) is 0.647. The molecule has 5 N–H and O–H groups in total. The van der Waals surface area contributed by atoms with Crippen LogP contribution in [0.1, 0.15) is 70.4 Å². The minimum atomic E-state index is -1.96. The van der Waals surface area contributed by atoms with E-state index in [0.717, 1.165) is 10.9 Å². The summed E-state index contributed by atoms with van der Waals surface area (Å²) in [4.78, 5) is 29.5. The topological polar surface area (TPSA) is 186 Å². The predicted octanol–water partition coefficient (Wildman–Crippen LogP) is 0.342. The predicted molar refractivity (Wildman–Crippen MR) is 162 cm³/mol. The van der Waals surface area contributed by atoms with Crippen molar-refractivity contribution in [2.45, 2.75) is 101 Å². The van der Waals surface area contributed by atoms with E-state index < -0.39 is 66.2 Å². The number of esters is 1. The fourth-order valence-corrected chi connectivity index (χ4v) is 8.18. The number of rotatable bonds is 10. The monoisotopic (exact) mass is 642 g/mol. The van der Waals surface area contributed by atoms with Crippen molar-refractivity contribution in [3.63, 3.8) is 0 Å². The number of fused-ring (bicyclic) bond motifs is 4. The maximum Gasteiger partial charge on any atom is 0.333 e. The molecule has 3 aliphatic carbocycles. The van der Waals surface area contributed by atoms with Crippen LogP contribution in [0.4, 0.5) is 0 Å². The molecule has 252 valence electrons. The molecule has 9 unspecified atom stereocenters. The number of carbonyl (C=O) groups is 2. The van der Waals surface area contributed by atoms with Gasteiger partial charge in [-0.15, -0.1) is 0 Å². The largest absolute Gasteiger partial charge is 0.658 e. The quantitative estimate of drug-likeness (QED) is 0.174. The number of ether oxygens (including phenoxy) is 4. The number of allylic oxidation sites excluding steroid dienone is 1. The van der Waals surface area contributed by atoms with Gasteiger partial charge in [0, 0.05) is 36.4 Å². The van der Waals surface area contributed by atoms with Gasteiger partial charge in [-0.05, 0) is 48.8 Å². The average Bonchev–Trinajstić information content (AvgIpc) is 3.42. The highest BCUT2D eigenvalue weighted by Crippen LogP contribution is 2.54. The number of aliphatic hydroxyl groups is 4. The van der Waals surface area contributed by atoms with Crippen molar-refractivity contribution in [3.05, 3.63) is 46.1 Å². The first-order valence-electron chi connectivity index (χ1n) is 16.2. The van der Waals surface area contributed by atoms with Crippen molar-refractivity contribution >= 4 is 23.3 Å². The van der Waals surface area contributed by atoms with Gasteiger partial charge < -0.3 is 49.5 Å². The molecule has 6 rings (SSSR count). The normalized spacial score (nSPS) is 36.3. The molecule has 0 amide bonds. The number of hydrogen-bond donors (Lipinski definition) is 5. The minimum Gasteiger partial charge on any atom is -0.658 e. The highest BCUT2D eigenvalue weighted by Gasteiger charge is 2.70. The summed E-state index contributed by atoms with van der Waals surface area (Å²) in [6, 6.07) is 1.97. The Morgan fingerprint density at radius 2 is 2.02 bits per heavy atom. The Balaban J connectivity index is 1.40. The van der Waals surface area contributed by atoms with Crippen LogP contribution >= 0.6 is 0 Å². The lowest BCUT2D eigenvalue weighted by atomic mass is 9.63. The summed E-state index contributed by atoms with van der Waals surface area (Å²) in [5.74, 6) is -2.76. The van der Waals surface area contributed by atoms with Crippen molar-refractivity contribution < 1.29 is 54.1 Å². The molecule has 2 aliphatic heterocycles. The summed E-state index contributed by atoms with van der Waals surface area (Å²) in [5.41, 5.74) is -1.79. The molecular formula is C34H44NO11-. The standard InChI is InChI=1S/C34H44NO11/c1-17(2)24-14-22-23-10-11-33(42)31(41)34(23,46-25(9-6-12-36)28(22)35-24)26(16-37)44-32(33)45-29-18-7-4-5-8-19(29)20(15-27(38)39)21(13-18)30(40)43-3/h5,8,13-14,17-20,26,29,31-32,36-37,41-42H,4,6-7,9-12,15-16H2,1-3H3,(H,38,39)/q-1. The fourth-order valence-electron chi connectivity index (χ4n) is 8.18. The number of carboxylic acid groups (broad SMARTS) is 1. The van der Waals surface area contributed by atoms with Gasteiger partial charge in [0.2, 0.25) is 0 Å². The van der Waals surface area contributed by atoms with E-state index in [2.05, 4.69) is 0 Å². The van der Waals surface area contributed by atoms with E-state index in [1.165, 1.54) is 7.11 Å². The Morgan fingerprint density at radius 1 is 1.24 bits per heavy atom. The Kier molecular flexibility index (Phi) is 8.98. The molecule has 1 spiro atoms. The zero-order valence-electron chi connectivity index (χ0n) is 26.4.